The van der Waals surface area contributed by atoms with Gasteiger partial charge in [0.25, 0.3) is 0 Å². The molecular formula is C29H25Cl2NO3. The first-order chi connectivity index (χ1) is 16.8. The van der Waals surface area contributed by atoms with Gasteiger partial charge in [-0.15, -0.1) is 0 Å². The van der Waals surface area contributed by atoms with Crippen molar-refractivity contribution >= 4 is 40.7 Å². The molecule has 0 aromatic heterocycles. The molecule has 3 aromatic carbocycles. The Labute approximate surface area is 214 Å². The van der Waals surface area contributed by atoms with E-state index in [0.29, 0.717) is 33.1 Å². The summed E-state index contributed by atoms with van der Waals surface area (Å²) in [6.07, 6.45) is 1.95. The highest BCUT2D eigenvalue weighted by Gasteiger charge is 2.64. The van der Waals surface area contributed by atoms with E-state index in [-0.39, 0.29) is 35.5 Å². The Bertz CT molecular complexity index is 1350. The molecule has 6 heteroatoms. The zero-order chi connectivity index (χ0) is 24.4. The Morgan fingerprint density at radius 1 is 0.857 bits per heavy atom. The van der Waals surface area contributed by atoms with Gasteiger partial charge in [0.15, 0.2) is 0 Å². The lowest BCUT2D eigenvalue weighted by Crippen LogP contribution is -2.32. The van der Waals surface area contributed by atoms with Crippen molar-refractivity contribution in [3.8, 4) is 11.5 Å². The van der Waals surface area contributed by atoms with Gasteiger partial charge in [-0.05, 0) is 98.0 Å². The van der Waals surface area contributed by atoms with Crippen molar-refractivity contribution < 1.29 is 14.3 Å². The summed E-state index contributed by atoms with van der Waals surface area (Å²) in [6, 6.07) is 18.6. The lowest BCUT2D eigenvalue weighted by molar-refractivity contribution is -0.123. The van der Waals surface area contributed by atoms with Gasteiger partial charge in [0.1, 0.15) is 11.5 Å². The van der Waals surface area contributed by atoms with Crippen LogP contribution in [-0.2, 0) is 9.59 Å². The van der Waals surface area contributed by atoms with Crippen molar-refractivity contribution in [3.05, 3.63) is 87.4 Å². The third kappa shape index (κ3) is 3.66. The molecule has 2 bridgehead atoms. The van der Waals surface area contributed by atoms with Crippen LogP contribution in [0.15, 0.2) is 60.7 Å². The molecule has 1 aliphatic heterocycles. The average molecular weight is 506 g/mol. The van der Waals surface area contributed by atoms with Crippen molar-refractivity contribution in [1.82, 2.24) is 0 Å². The fraction of sp³-hybridized carbons (Fsp3) is 0.310. The minimum Gasteiger partial charge on any atom is -0.456 e. The number of benzene rings is 3. The largest absolute Gasteiger partial charge is 0.456 e. The molecule has 2 saturated carbocycles. The van der Waals surface area contributed by atoms with Crippen LogP contribution in [0, 0.1) is 37.5 Å². The number of imide groups is 1. The van der Waals surface area contributed by atoms with Crippen LogP contribution in [0.25, 0.3) is 0 Å². The fourth-order valence-electron chi connectivity index (χ4n) is 6.58. The quantitative estimate of drug-likeness (QED) is 0.348. The summed E-state index contributed by atoms with van der Waals surface area (Å²) in [5, 5.41) is 0.941. The predicted molar refractivity (Wildman–Crippen MR) is 137 cm³/mol. The van der Waals surface area contributed by atoms with E-state index in [2.05, 4.69) is 32.0 Å². The smallest absolute Gasteiger partial charge is 0.237 e. The third-order valence-electron chi connectivity index (χ3n) is 8.07. The second-order valence-electron chi connectivity index (χ2n) is 10.1. The van der Waals surface area contributed by atoms with Crippen LogP contribution in [0.2, 0.25) is 10.0 Å². The van der Waals surface area contributed by atoms with Crippen LogP contribution < -0.4 is 9.64 Å². The van der Waals surface area contributed by atoms with Crippen LogP contribution in [0.4, 0.5) is 5.69 Å². The number of nitrogens with zero attached hydrogens (tertiary/aromatic N) is 1. The number of hydrogen-bond acceptors (Lipinski definition) is 3. The average Bonchev–Trinajstić information content (AvgIpc) is 3.49. The number of anilines is 1. The van der Waals surface area contributed by atoms with E-state index in [9.17, 15) is 9.59 Å². The van der Waals surface area contributed by atoms with Crippen molar-refractivity contribution in [1.29, 1.82) is 0 Å². The maximum Gasteiger partial charge on any atom is 0.237 e. The van der Waals surface area contributed by atoms with Gasteiger partial charge in [0, 0.05) is 5.02 Å². The fourth-order valence-corrected chi connectivity index (χ4v) is 7.03. The molecule has 2 amide bonds. The van der Waals surface area contributed by atoms with E-state index < -0.39 is 0 Å². The van der Waals surface area contributed by atoms with Gasteiger partial charge in [-0.2, -0.15) is 0 Å². The summed E-state index contributed by atoms with van der Waals surface area (Å²) in [5.41, 5.74) is 4.45. The van der Waals surface area contributed by atoms with E-state index in [1.807, 2.05) is 0 Å². The molecule has 35 heavy (non-hydrogen) atoms. The van der Waals surface area contributed by atoms with Gasteiger partial charge in [-0.1, -0.05) is 47.0 Å². The van der Waals surface area contributed by atoms with Gasteiger partial charge < -0.3 is 4.74 Å². The highest BCUT2D eigenvalue weighted by molar-refractivity contribution is 6.35. The number of hydrogen-bond donors (Lipinski definition) is 0. The number of rotatable bonds is 4. The zero-order valence-corrected chi connectivity index (χ0v) is 21.0. The third-order valence-corrected chi connectivity index (χ3v) is 8.60. The van der Waals surface area contributed by atoms with E-state index in [1.54, 1.807) is 42.5 Å². The molecule has 5 atom stereocenters. The Hall–Kier alpha value is -2.82. The van der Waals surface area contributed by atoms with Gasteiger partial charge in [-0.25, -0.2) is 0 Å². The topological polar surface area (TPSA) is 46.6 Å². The summed E-state index contributed by atoms with van der Waals surface area (Å²) >= 11 is 12.2. The molecule has 0 radical (unpaired) electrons. The van der Waals surface area contributed by atoms with Crippen LogP contribution in [0.1, 0.15) is 35.4 Å². The monoisotopic (exact) mass is 505 g/mol. The van der Waals surface area contributed by atoms with E-state index >= 15 is 0 Å². The van der Waals surface area contributed by atoms with Gasteiger partial charge in [0.05, 0.1) is 22.5 Å². The highest BCUT2D eigenvalue weighted by Crippen LogP contribution is 2.62. The molecular weight excluding hydrogens is 481 g/mol. The van der Waals surface area contributed by atoms with E-state index in [1.165, 1.54) is 21.6 Å². The maximum atomic E-state index is 13.6. The molecule has 1 saturated heterocycles. The van der Waals surface area contributed by atoms with Gasteiger partial charge >= 0.3 is 0 Å². The number of aryl methyl sites for hydroxylation is 2. The van der Waals surface area contributed by atoms with Crippen molar-refractivity contribution in [2.75, 3.05) is 4.90 Å². The Balaban J connectivity index is 1.24. The van der Waals surface area contributed by atoms with Crippen molar-refractivity contribution in [2.24, 2.45) is 23.7 Å². The molecule has 0 unspecified atom stereocenters. The highest BCUT2D eigenvalue weighted by atomic mass is 35.5. The Kier molecular flexibility index (Phi) is 5.43. The molecule has 1 heterocycles. The summed E-state index contributed by atoms with van der Waals surface area (Å²) in [7, 11) is 0. The second-order valence-corrected chi connectivity index (χ2v) is 10.9. The molecule has 2 aliphatic carbocycles. The lowest BCUT2D eigenvalue weighted by atomic mass is 9.72. The van der Waals surface area contributed by atoms with Crippen molar-refractivity contribution in [3.63, 3.8) is 0 Å². The molecule has 3 aliphatic rings. The normalized spacial score (nSPS) is 27.0. The van der Waals surface area contributed by atoms with Crippen LogP contribution in [-0.4, -0.2) is 11.8 Å². The Morgan fingerprint density at radius 3 is 2.34 bits per heavy atom. The standard InChI is InChI=1S/C29H25Cl2NO3/c1-15-3-4-16(2)21(11-15)22-12-17-13-23(22)27-26(17)28(33)32(29(27)34)19-6-8-20(9-7-19)35-25-10-5-18(30)14-24(25)31/h3-11,14,17,22-23,26-27H,12-13H2,1-2H3/t17-,22-,23+,26+,27+/m0/s1. The number of carbonyl (C=O) groups is 2. The van der Waals surface area contributed by atoms with Crippen molar-refractivity contribution in [2.45, 2.75) is 32.6 Å². The number of ether oxygens (including phenoxy) is 1. The molecule has 178 valence electrons. The van der Waals surface area contributed by atoms with E-state index in [0.717, 1.165) is 12.8 Å². The summed E-state index contributed by atoms with van der Waals surface area (Å²) in [6.45, 7) is 4.26. The van der Waals surface area contributed by atoms with E-state index in [4.69, 9.17) is 27.9 Å². The number of amides is 2. The SMILES string of the molecule is Cc1ccc(C)c([C@@H]2C[C@H]3C[C@H]2[C@H]2C(=O)N(c4ccc(Oc5ccc(Cl)cc5Cl)cc4)C(=O)[C@H]32)c1. The minimum atomic E-state index is -0.227. The Morgan fingerprint density at radius 2 is 1.60 bits per heavy atom. The predicted octanol–water partition coefficient (Wildman–Crippen LogP) is 7.33. The van der Waals surface area contributed by atoms with Gasteiger partial charge in [0.2, 0.25) is 11.8 Å². The second kappa shape index (κ2) is 8.39. The van der Waals surface area contributed by atoms with Crippen LogP contribution in [0.3, 0.4) is 0 Å². The molecule has 4 nitrogen and oxygen atoms in total. The summed E-state index contributed by atoms with van der Waals surface area (Å²) in [4.78, 5) is 28.5. The molecule has 6 rings (SSSR count). The maximum absolute atomic E-state index is 13.6. The summed E-state index contributed by atoms with van der Waals surface area (Å²) < 4.78 is 5.86. The first kappa shape index (κ1) is 22.6. The first-order valence-electron chi connectivity index (χ1n) is 12.0. The molecule has 0 spiro atoms. The molecule has 3 aromatic rings. The minimum absolute atomic E-state index is 0.0543. The van der Waals surface area contributed by atoms with Crippen LogP contribution in [0.5, 0.6) is 11.5 Å². The zero-order valence-electron chi connectivity index (χ0n) is 19.5. The lowest BCUT2D eigenvalue weighted by Gasteiger charge is -2.30. The number of halogens is 2. The van der Waals surface area contributed by atoms with Crippen LogP contribution >= 0.6 is 23.2 Å². The number of fused-ring (bicyclic) bond motifs is 5. The number of carbonyl (C=O) groups excluding carboxylic acids is 2. The first-order valence-corrected chi connectivity index (χ1v) is 12.8. The molecule has 0 N–H and O–H groups in total. The summed E-state index contributed by atoms with van der Waals surface area (Å²) in [5.74, 6) is 1.35. The molecule has 3 fully saturated rings. The van der Waals surface area contributed by atoms with Gasteiger partial charge in [-0.3, -0.25) is 14.5 Å².